The molecule has 1 aromatic carbocycles. The minimum Gasteiger partial charge on any atom is -0.480 e. The first-order chi connectivity index (χ1) is 9.02. The Hall–Kier alpha value is -2.54. The molecule has 0 aliphatic rings. The lowest BCUT2D eigenvalue weighted by Gasteiger charge is -2.09. The normalized spacial score (nSPS) is 11.8. The highest BCUT2D eigenvalue weighted by molar-refractivity contribution is 5.94. The Bertz CT molecular complexity index is 523. The van der Waals surface area contributed by atoms with Crippen LogP contribution in [-0.2, 0) is 9.59 Å². The van der Waals surface area contributed by atoms with Gasteiger partial charge in [-0.3, -0.25) is 4.79 Å². The Morgan fingerprint density at radius 2 is 2.05 bits per heavy atom. The summed E-state index contributed by atoms with van der Waals surface area (Å²) >= 11 is 0. The fraction of sp³-hybridized carbons (Fsp3) is 0.200. The van der Waals surface area contributed by atoms with Crippen LogP contribution in [0.15, 0.2) is 30.3 Å². The standard InChI is InChI=1S/C15H15NO3/c1-3-4-13(15(18)19)16-14(17)10-9-12-7-5-11(2)6-8-12/h1,5-10,13H,4H2,2H3,(H,16,17)(H,18,19)/b10-9+. The molecule has 19 heavy (non-hydrogen) atoms. The lowest BCUT2D eigenvalue weighted by molar-refractivity contribution is -0.141. The number of aliphatic carboxylic acids is 1. The summed E-state index contributed by atoms with van der Waals surface area (Å²) in [5, 5.41) is 11.2. The molecule has 0 aromatic heterocycles. The first kappa shape index (κ1) is 14.5. The van der Waals surface area contributed by atoms with Crippen LogP contribution in [0.3, 0.4) is 0 Å². The van der Waals surface area contributed by atoms with Crippen LogP contribution in [0.5, 0.6) is 0 Å². The van der Waals surface area contributed by atoms with E-state index in [1.54, 1.807) is 6.08 Å². The summed E-state index contributed by atoms with van der Waals surface area (Å²) in [4.78, 5) is 22.3. The molecular formula is C15H15NO3. The van der Waals surface area contributed by atoms with Crippen LogP contribution in [0.25, 0.3) is 6.08 Å². The number of carboxylic acids is 1. The van der Waals surface area contributed by atoms with E-state index in [4.69, 9.17) is 11.5 Å². The molecule has 0 bridgehead atoms. The molecule has 1 aromatic rings. The maximum absolute atomic E-state index is 11.5. The number of carboxylic acid groups (broad SMARTS) is 1. The summed E-state index contributed by atoms with van der Waals surface area (Å²) < 4.78 is 0. The van der Waals surface area contributed by atoms with E-state index < -0.39 is 17.9 Å². The van der Waals surface area contributed by atoms with Gasteiger partial charge in [0.1, 0.15) is 6.04 Å². The Morgan fingerprint density at radius 3 is 2.58 bits per heavy atom. The smallest absolute Gasteiger partial charge is 0.327 e. The molecule has 0 saturated heterocycles. The van der Waals surface area contributed by atoms with Crippen LogP contribution in [-0.4, -0.2) is 23.0 Å². The van der Waals surface area contributed by atoms with Crippen molar-refractivity contribution >= 4 is 18.0 Å². The third kappa shape index (κ3) is 5.09. The maximum atomic E-state index is 11.5. The number of amides is 1. The van der Waals surface area contributed by atoms with Crippen LogP contribution >= 0.6 is 0 Å². The number of rotatable bonds is 5. The van der Waals surface area contributed by atoms with Crippen LogP contribution < -0.4 is 5.32 Å². The molecule has 1 unspecified atom stereocenters. The Kier molecular flexibility index (Phi) is 5.36. The number of carbonyl (C=O) groups excluding carboxylic acids is 1. The van der Waals surface area contributed by atoms with Crippen molar-refractivity contribution < 1.29 is 14.7 Å². The zero-order valence-corrected chi connectivity index (χ0v) is 10.6. The number of hydrogen-bond donors (Lipinski definition) is 2. The zero-order valence-electron chi connectivity index (χ0n) is 10.6. The highest BCUT2D eigenvalue weighted by Crippen LogP contribution is 2.04. The number of hydrogen-bond acceptors (Lipinski definition) is 2. The van der Waals surface area contributed by atoms with Crippen molar-refractivity contribution in [1.82, 2.24) is 5.32 Å². The summed E-state index contributed by atoms with van der Waals surface area (Å²) in [6, 6.07) is 6.54. The van der Waals surface area contributed by atoms with E-state index in [2.05, 4.69) is 11.2 Å². The molecule has 0 heterocycles. The van der Waals surface area contributed by atoms with E-state index in [0.29, 0.717) is 0 Å². The molecule has 98 valence electrons. The monoisotopic (exact) mass is 257 g/mol. The van der Waals surface area contributed by atoms with Crippen LogP contribution in [0.2, 0.25) is 0 Å². The average molecular weight is 257 g/mol. The van der Waals surface area contributed by atoms with Crippen molar-refractivity contribution in [1.29, 1.82) is 0 Å². The van der Waals surface area contributed by atoms with Crippen molar-refractivity contribution in [3.63, 3.8) is 0 Å². The summed E-state index contributed by atoms with van der Waals surface area (Å²) in [6.45, 7) is 1.97. The topological polar surface area (TPSA) is 66.4 Å². The lowest BCUT2D eigenvalue weighted by Crippen LogP contribution is -2.39. The fourth-order valence-corrected chi connectivity index (χ4v) is 1.39. The van der Waals surface area contributed by atoms with Gasteiger partial charge in [0.15, 0.2) is 0 Å². The summed E-state index contributed by atoms with van der Waals surface area (Å²) in [7, 11) is 0. The molecule has 2 N–H and O–H groups in total. The second-order valence-electron chi connectivity index (χ2n) is 4.05. The minimum atomic E-state index is -1.14. The lowest BCUT2D eigenvalue weighted by atomic mass is 10.1. The predicted molar refractivity (Wildman–Crippen MR) is 73.2 cm³/mol. The second-order valence-corrected chi connectivity index (χ2v) is 4.05. The third-order valence-electron chi connectivity index (χ3n) is 2.44. The van der Waals surface area contributed by atoms with Gasteiger partial charge in [-0.15, -0.1) is 12.3 Å². The molecule has 4 nitrogen and oxygen atoms in total. The van der Waals surface area contributed by atoms with Crippen LogP contribution in [0.4, 0.5) is 0 Å². The minimum absolute atomic E-state index is 0.0422. The summed E-state index contributed by atoms with van der Waals surface area (Å²) in [5.41, 5.74) is 1.99. The largest absolute Gasteiger partial charge is 0.480 e. The molecule has 0 radical (unpaired) electrons. The Labute approximate surface area is 112 Å². The van der Waals surface area contributed by atoms with Gasteiger partial charge in [-0.25, -0.2) is 4.79 Å². The molecule has 1 atom stereocenters. The van der Waals surface area contributed by atoms with Crippen molar-refractivity contribution in [2.75, 3.05) is 0 Å². The van der Waals surface area contributed by atoms with Crippen LogP contribution in [0.1, 0.15) is 17.5 Å². The second kappa shape index (κ2) is 7.02. The van der Waals surface area contributed by atoms with E-state index in [9.17, 15) is 9.59 Å². The Balaban J connectivity index is 2.61. The number of terminal acetylenes is 1. The molecule has 0 spiro atoms. The number of nitrogens with one attached hydrogen (secondary N) is 1. The fourth-order valence-electron chi connectivity index (χ4n) is 1.39. The van der Waals surface area contributed by atoms with E-state index in [1.165, 1.54) is 6.08 Å². The van der Waals surface area contributed by atoms with Gasteiger partial charge in [0.25, 0.3) is 0 Å². The van der Waals surface area contributed by atoms with E-state index >= 15 is 0 Å². The first-order valence-corrected chi connectivity index (χ1v) is 5.74. The highest BCUT2D eigenvalue weighted by atomic mass is 16.4. The van der Waals surface area contributed by atoms with Crippen molar-refractivity contribution in [3.8, 4) is 12.3 Å². The van der Waals surface area contributed by atoms with E-state index in [1.807, 2.05) is 31.2 Å². The van der Waals surface area contributed by atoms with Gasteiger partial charge in [0.2, 0.25) is 5.91 Å². The van der Waals surface area contributed by atoms with Gasteiger partial charge in [-0.05, 0) is 18.6 Å². The van der Waals surface area contributed by atoms with Gasteiger partial charge >= 0.3 is 5.97 Å². The first-order valence-electron chi connectivity index (χ1n) is 5.74. The predicted octanol–water partition coefficient (Wildman–Crippen LogP) is 1.60. The zero-order chi connectivity index (χ0) is 14.3. The Morgan fingerprint density at radius 1 is 1.42 bits per heavy atom. The summed E-state index contributed by atoms with van der Waals surface area (Å²) in [6.07, 6.45) is 7.90. The van der Waals surface area contributed by atoms with Gasteiger partial charge < -0.3 is 10.4 Å². The van der Waals surface area contributed by atoms with Gasteiger partial charge in [-0.1, -0.05) is 29.8 Å². The molecule has 4 heteroatoms. The number of benzene rings is 1. The number of carbonyl (C=O) groups is 2. The van der Waals surface area contributed by atoms with Gasteiger partial charge in [0, 0.05) is 12.5 Å². The maximum Gasteiger partial charge on any atom is 0.327 e. The molecular weight excluding hydrogens is 242 g/mol. The van der Waals surface area contributed by atoms with Crippen molar-refractivity contribution in [3.05, 3.63) is 41.5 Å². The van der Waals surface area contributed by atoms with E-state index in [-0.39, 0.29) is 6.42 Å². The van der Waals surface area contributed by atoms with Crippen LogP contribution in [0, 0.1) is 19.3 Å². The molecule has 0 aliphatic carbocycles. The summed E-state index contributed by atoms with van der Waals surface area (Å²) in [5.74, 6) is 0.588. The van der Waals surface area contributed by atoms with Crippen molar-refractivity contribution in [2.45, 2.75) is 19.4 Å². The van der Waals surface area contributed by atoms with E-state index in [0.717, 1.165) is 11.1 Å². The molecule has 0 fully saturated rings. The molecule has 1 amide bonds. The molecule has 0 aliphatic heterocycles. The highest BCUT2D eigenvalue weighted by Gasteiger charge is 2.17. The third-order valence-corrected chi connectivity index (χ3v) is 2.44. The SMILES string of the molecule is C#CCC(NC(=O)/C=C/c1ccc(C)cc1)C(=O)O. The molecule has 1 rings (SSSR count). The molecule has 0 saturated carbocycles. The quantitative estimate of drug-likeness (QED) is 0.622. The average Bonchev–Trinajstić information content (AvgIpc) is 2.37. The number of aryl methyl sites for hydroxylation is 1. The van der Waals surface area contributed by atoms with Crippen molar-refractivity contribution in [2.24, 2.45) is 0 Å². The van der Waals surface area contributed by atoms with Gasteiger partial charge in [-0.2, -0.15) is 0 Å². The van der Waals surface area contributed by atoms with Gasteiger partial charge in [0.05, 0.1) is 0 Å².